The van der Waals surface area contributed by atoms with Gasteiger partial charge in [-0.15, -0.1) is 0 Å². The Morgan fingerprint density at radius 3 is 1.31 bits per heavy atom. The quantitative estimate of drug-likeness (QED) is 0.403. The van der Waals surface area contributed by atoms with Crippen molar-refractivity contribution in [3.63, 3.8) is 0 Å². The van der Waals surface area contributed by atoms with Gasteiger partial charge in [0.15, 0.2) is 0 Å². The maximum absolute atomic E-state index is 9.60. The molecule has 1 aromatic carbocycles. The van der Waals surface area contributed by atoms with E-state index in [1.807, 2.05) is 0 Å². The summed E-state index contributed by atoms with van der Waals surface area (Å²) >= 11 is 0. The van der Waals surface area contributed by atoms with Gasteiger partial charge in [0, 0.05) is 0 Å². The molecule has 1 aliphatic carbocycles. The molecule has 1 aromatic rings. The number of aliphatic hydroxyl groups is 4. The average Bonchev–Trinajstić information content (AvgIpc) is 2.23. The second-order valence-corrected chi connectivity index (χ2v) is 3.50. The molecule has 0 bridgehead atoms. The van der Waals surface area contributed by atoms with Crippen molar-refractivity contribution in [2.75, 3.05) is 0 Å². The summed E-state index contributed by atoms with van der Waals surface area (Å²) in [5.74, 6) is 0. The van der Waals surface area contributed by atoms with E-state index in [9.17, 15) is 20.4 Å². The fraction of sp³-hybridized carbons (Fsp3) is 0.400. The molecule has 0 radical (unpaired) electrons. The van der Waals surface area contributed by atoms with Gasteiger partial charge in [0.2, 0.25) is 0 Å². The van der Waals surface area contributed by atoms with E-state index in [1.54, 1.807) is 24.3 Å². The van der Waals surface area contributed by atoms with Crippen molar-refractivity contribution in [3.05, 3.63) is 35.4 Å². The Bertz CT molecular complexity index is 309. The highest BCUT2D eigenvalue weighted by Crippen LogP contribution is 2.36. The highest BCUT2D eigenvalue weighted by molar-refractivity contribution is 5.35. The Balaban J connectivity index is 0.00000112. The highest BCUT2D eigenvalue weighted by atomic mass is 16.4. The molecule has 16 heavy (non-hydrogen) atoms. The van der Waals surface area contributed by atoms with E-state index < -0.39 is 24.4 Å². The van der Waals surface area contributed by atoms with Crippen LogP contribution in [-0.4, -0.2) is 43.6 Å². The van der Waals surface area contributed by atoms with Crippen molar-refractivity contribution in [2.24, 2.45) is 0 Å². The number of hydrogen-bond acceptors (Lipinski definition) is 4. The molecule has 0 heterocycles. The van der Waals surface area contributed by atoms with Crippen LogP contribution >= 0.6 is 0 Å². The van der Waals surface area contributed by atoms with E-state index in [-0.39, 0.29) is 11.0 Å². The van der Waals surface area contributed by atoms with Gasteiger partial charge in [-0.3, -0.25) is 0 Å². The summed E-state index contributed by atoms with van der Waals surface area (Å²) in [6, 6.07) is 6.66. The average molecular weight is 232 g/mol. The number of aliphatic hydroxyl groups excluding tert-OH is 4. The van der Waals surface area contributed by atoms with Crippen molar-refractivity contribution in [2.45, 2.75) is 24.4 Å². The van der Waals surface area contributed by atoms with E-state index in [0.29, 0.717) is 11.1 Å². The zero-order valence-electron chi connectivity index (χ0n) is 8.41. The van der Waals surface area contributed by atoms with E-state index in [1.165, 1.54) is 0 Å². The fourth-order valence-corrected chi connectivity index (χ4v) is 1.79. The highest BCUT2D eigenvalue weighted by Gasteiger charge is 2.39. The normalized spacial score (nSPS) is 32.0. The second-order valence-electron chi connectivity index (χ2n) is 3.50. The molecule has 2 rings (SSSR count). The monoisotopic (exact) mass is 232 g/mol. The Hall–Kier alpha value is -1.02. The zero-order chi connectivity index (χ0) is 10.3. The van der Waals surface area contributed by atoms with Gasteiger partial charge < -0.3 is 31.4 Å². The molecule has 0 saturated carbocycles. The van der Waals surface area contributed by atoms with Crippen LogP contribution in [0.1, 0.15) is 23.3 Å². The molecule has 4 atom stereocenters. The fourth-order valence-electron chi connectivity index (χ4n) is 1.79. The third-order valence-electron chi connectivity index (χ3n) is 2.63. The van der Waals surface area contributed by atoms with E-state index in [0.717, 1.165) is 0 Å². The van der Waals surface area contributed by atoms with Crippen LogP contribution in [0.4, 0.5) is 0 Å². The van der Waals surface area contributed by atoms with Crippen molar-refractivity contribution in [1.29, 1.82) is 0 Å². The molecular formula is C10H16O6. The molecule has 8 N–H and O–H groups in total. The molecular weight excluding hydrogens is 216 g/mol. The van der Waals surface area contributed by atoms with Gasteiger partial charge in [-0.25, -0.2) is 0 Å². The van der Waals surface area contributed by atoms with Crippen LogP contribution in [0.2, 0.25) is 0 Å². The van der Waals surface area contributed by atoms with E-state index in [2.05, 4.69) is 0 Å². The van der Waals surface area contributed by atoms with Gasteiger partial charge in [-0.1, -0.05) is 24.3 Å². The van der Waals surface area contributed by atoms with Gasteiger partial charge in [0.05, 0.1) is 0 Å². The lowest BCUT2D eigenvalue weighted by Gasteiger charge is -2.34. The second kappa shape index (κ2) is 5.35. The summed E-state index contributed by atoms with van der Waals surface area (Å²) in [6.07, 6.45) is -4.94. The van der Waals surface area contributed by atoms with Crippen LogP contribution in [0.3, 0.4) is 0 Å². The largest absolute Gasteiger partial charge is 0.412 e. The first-order chi connectivity index (χ1) is 6.63. The van der Waals surface area contributed by atoms with Crippen molar-refractivity contribution in [3.8, 4) is 0 Å². The van der Waals surface area contributed by atoms with Crippen molar-refractivity contribution >= 4 is 0 Å². The first kappa shape index (κ1) is 15.0. The van der Waals surface area contributed by atoms with Gasteiger partial charge in [0.1, 0.15) is 24.4 Å². The maximum Gasteiger partial charge on any atom is 0.113 e. The lowest BCUT2D eigenvalue weighted by molar-refractivity contribution is -0.120. The predicted octanol–water partition coefficient (Wildman–Crippen LogP) is -2.16. The topological polar surface area (TPSA) is 144 Å². The van der Waals surface area contributed by atoms with Crippen LogP contribution in [0.25, 0.3) is 0 Å². The standard InChI is InChI=1S/C10H12O4.2H2O/c11-7-5-3-1-2-4-6(5)8(12)10(14)9(7)13;;/h1-4,7-14H;2*1H2. The van der Waals surface area contributed by atoms with Gasteiger partial charge >= 0.3 is 0 Å². The first-order valence-electron chi connectivity index (χ1n) is 4.44. The molecule has 0 aromatic heterocycles. The third kappa shape index (κ3) is 2.07. The number of fused-ring (bicyclic) bond motifs is 1. The van der Waals surface area contributed by atoms with E-state index >= 15 is 0 Å². The molecule has 1 aliphatic rings. The van der Waals surface area contributed by atoms with Crippen molar-refractivity contribution in [1.82, 2.24) is 0 Å². The molecule has 0 fully saturated rings. The van der Waals surface area contributed by atoms with Crippen LogP contribution in [0, 0.1) is 0 Å². The lowest BCUT2D eigenvalue weighted by Crippen LogP contribution is -2.41. The Morgan fingerprint density at radius 2 is 1.00 bits per heavy atom. The van der Waals surface area contributed by atoms with E-state index in [4.69, 9.17) is 0 Å². The van der Waals surface area contributed by atoms with Crippen LogP contribution in [-0.2, 0) is 0 Å². The smallest absolute Gasteiger partial charge is 0.113 e. The molecule has 0 saturated heterocycles. The summed E-state index contributed by atoms with van der Waals surface area (Å²) in [5, 5.41) is 38.0. The molecule has 6 nitrogen and oxygen atoms in total. The third-order valence-corrected chi connectivity index (χ3v) is 2.63. The Kier molecular flexibility index (Phi) is 5.01. The SMILES string of the molecule is O.O.OC1c2ccccc2C(O)C(O)C1O. The minimum absolute atomic E-state index is 0. The zero-order valence-corrected chi connectivity index (χ0v) is 8.41. The number of rotatable bonds is 0. The van der Waals surface area contributed by atoms with Crippen LogP contribution in [0.15, 0.2) is 24.3 Å². The summed E-state index contributed by atoms with van der Waals surface area (Å²) < 4.78 is 0. The number of benzene rings is 1. The minimum atomic E-state index is -1.33. The molecule has 6 heteroatoms. The summed E-state index contributed by atoms with van der Waals surface area (Å²) in [7, 11) is 0. The minimum Gasteiger partial charge on any atom is -0.412 e. The van der Waals surface area contributed by atoms with Gasteiger partial charge in [0.25, 0.3) is 0 Å². The Morgan fingerprint density at radius 1 is 0.688 bits per heavy atom. The molecule has 0 spiro atoms. The molecule has 0 aliphatic heterocycles. The molecule has 4 unspecified atom stereocenters. The maximum atomic E-state index is 9.60. The Labute approximate surface area is 92.0 Å². The predicted molar refractivity (Wildman–Crippen MR) is 55.6 cm³/mol. The summed E-state index contributed by atoms with van der Waals surface area (Å²) in [6.45, 7) is 0. The van der Waals surface area contributed by atoms with Gasteiger partial charge in [-0.2, -0.15) is 0 Å². The summed E-state index contributed by atoms with van der Waals surface area (Å²) in [5.41, 5.74) is 0.940. The first-order valence-corrected chi connectivity index (χ1v) is 4.44. The van der Waals surface area contributed by atoms with Crippen molar-refractivity contribution < 1.29 is 31.4 Å². The van der Waals surface area contributed by atoms with Gasteiger partial charge in [-0.05, 0) is 11.1 Å². The number of hydrogen-bond donors (Lipinski definition) is 4. The molecule has 92 valence electrons. The van der Waals surface area contributed by atoms with Crippen LogP contribution < -0.4 is 0 Å². The molecule has 0 amide bonds. The van der Waals surface area contributed by atoms with Crippen LogP contribution in [0.5, 0.6) is 0 Å². The summed E-state index contributed by atoms with van der Waals surface area (Å²) in [4.78, 5) is 0. The lowest BCUT2D eigenvalue weighted by atomic mass is 9.83.